The SMILES string of the molecule is CN(C)c1nc(N2CCC(N3CCSCC3)CC2)ncc1F. The van der Waals surface area contributed by atoms with Crippen molar-refractivity contribution in [1.29, 1.82) is 0 Å². The van der Waals surface area contributed by atoms with Gasteiger partial charge in [-0.15, -0.1) is 0 Å². The molecule has 122 valence electrons. The van der Waals surface area contributed by atoms with Gasteiger partial charge in [-0.25, -0.2) is 9.37 Å². The number of piperidine rings is 1. The van der Waals surface area contributed by atoms with Crippen LogP contribution in [0, 0.1) is 5.82 Å². The number of hydrogen-bond acceptors (Lipinski definition) is 6. The van der Waals surface area contributed by atoms with Crippen LogP contribution in [-0.2, 0) is 0 Å². The van der Waals surface area contributed by atoms with E-state index in [1.807, 2.05) is 0 Å². The Bertz CT molecular complexity index is 499. The smallest absolute Gasteiger partial charge is 0.227 e. The number of hydrogen-bond donors (Lipinski definition) is 0. The molecule has 1 aromatic heterocycles. The van der Waals surface area contributed by atoms with Crippen LogP contribution in [0.2, 0.25) is 0 Å². The molecule has 22 heavy (non-hydrogen) atoms. The summed E-state index contributed by atoms with van der Waals surface area (Å²) in [6.07, 6.45) is 3.57. The molecule has 0 atom stereocenters. The fourth-order valence-electron chi connectivity index (χ4n) is 3.19. The molecule has 2 aliphatic heterocycles. The van der Waals surface area contributed by atoms with Crippen molar-refractivity contribution in [3.63, 3.8) is 0 Å². The molecule has 5 nitrogen and oxygen atoms in total. The van der Waals surface area contributed by atoms with E-state index in [-0.39, 0.29) is 5.82 Å². The zero-order valence-corrected chi connectivity index (χ0v) is 14.2. The minimum Gasteiger partial charge on any atom is -0.360 e. The molecule has 0 spiro atoms. The molecule has 0 aromatic carbocycles. The Kier molecular flexibility index (Phi) is 5.03. The van der Waals surface area contributed by atoms with Gasteiger partial charge in [0.25, 0.3) is 0 Å². The number of aromatic nitrogens is 2. The van der Waals surface area contributed by atoms with E-state index in [4.69, 9.17) is 0 Å². The lowest BCUT2D eigenvalue weighted by molar-refractivity contribution is 0.185. The highest BCUT2D eigenvalue weighted by molar-refractivity contribution is 7.99. The van der Waals surface area contributed by atoms with Gasteiger partial charge in [0.05, 0.1) is 6.20 Å². The minimum absolute atomic E-state index is 0.361. The topological polar surface area (TPSA) is 35.5 Å². The van der Waals surface area contributed by atoms with Crippen molar-refractivity contribution in [3.8, 4) is 0 Å². The standard InChI is InChI=1S/C15H24FN5S/c1-19(2)14-13(16)11-17-15(18-14)21-5-3-12(4-6-21)20-7-9-22-10-8-20/h11-12H,3-10H2,1-2H3. The Balaban J connectivity index is 1.62. The molecular weight excluding hydrogens is 301 g/mol. The van der Waals surface area contributed by atoms with Gasteiger partial charge < -0.3 is 9.80 Å². The van der Waals surface area contributed by atoms with Crippen LogP contribution in [0.1, 0.15) is 12.8 Å². The molecule has 0 amide bonds. The maximum absolute atomic E-state index is 13.7. The first-order valence-corrected chi connectivity index (χ1v) is 9.07. The quantitative estimate of drug-likeness (QED) is 0.842. The van der Waals surface area contributed by atoms with Crippen molar-refractivity contribution in [2.24, 2.45) is 0 Å². The molecule has 0 N–H and O–H groups in total. The predicted octanol–water partition coefficient (Wildman–Crippen LogP) is 1.70. The molecule has 0 unspecified atom stereocenters. The van der Waals surface area contributed by atoms with Crippen LogP contribution in [0.4, 0.5) is 16.2 Å². The van der Waals surface area contributed by atoms with Gasteiger partial charge in [0.1, 0.15) is 0 Å². The maximum atomic E-state index is 13.7. The second-order valence-corrected chi connectivity index (χ2v) is 7.33. The summed E-state index contributed by atoms with van der Waals surface area (Å²) in [5.74, 6) is 3.16. The summed E-state index contributed by atoms with van der Waals surface area (Å²) in [7, 11) is 3.60. The van der Waals surface area contributed by atoms with Crippen LogP contribution in [0.15, 0.2) is 6.20 Å². The first-order chi connectivity index (χ1) is 10.6. The molecule has 3 rings (SSSR count). The molecule has 2 saturated heterocycles. The van der Waals surface area contributed by atoms with Crippen LogP contribution in [0.3, 0.4) is 0 Å². The molecular formula is C15H24FN5S. The minimum atomic E-state index is -0.366. The largest absolute Gasteiger partial charge is 0.360 e. The van der Waals surface area contributed by atoms with Crippen molar-refractivity contribution in [2.45, 2.75) is 18.9 Å². The van der Waals surface area contributed by atoms with E-state index in [0.717, 1.165) is 25.9 Å². The number of nitrogens with zero attached hydrogens (tertiary/aromatic N) is 5. The summed E-state index contributed by atoms with van der Waals surface area (Å²) in [5, 5.41) is 0. The Hall–Kier alpha value is -1.08. The van der Waals surface area contributed by atoms with Gasteiger partial charge >= 0.3 is 0 Å². The van der Waals surface area contributed by atoms with E-state index in [1.165, 1.54) is 30.8 Å². The molecule has 0 bridgehead atoms. The molecule has 3 heterocycles. The van der Waals surface area contributed by atoms with E-state index in [1.54, 1.807) is 19.0 Å². The van der Waals surface area contributed by atoms with Gasteiger partial charge in [-0.05, 0) is 12.8 Å². The third kappa shape index (κ3) is 3.46. The Labute approximate surface area is 135 Å². The summed E-state index contributed by atoms with van der Waals surface area (Å²) >= 11 is 2.05. The normalized spacial score (nSPS) is 21.1. The summed E-state index contributed by atoms with van der Waals surface area (Å²) in [6, 6.07) is 0.686. The highest BCUT2D eigenvalue weighted by atomic mass is 32.2. The van der Waals surface area contributed by atoms with Gasteiger partial charge in [0, 0.05) is 57.8 Å². The van der Waals surface area contributed by atoms with Crippen molar-refractivity contribution >= 4 is 23.5 Å². The van der Waals surface area contributed by atoms with E-state index in [0.29, 0.717) is 17.8 Å². The molecule has 1 aromatic rings. The maximum Gasteiger partial charge on any atom is 0.227 e. The lowest BCUT2D eigenvalue weighted by atomic mass is 10.0. The Morgan fingerprint density at radius 2 is 1.86 bits per heavy atom. The van der Waals surface area contributed by atoms with E-state index in [9.17, 15) is 4.39 Å². The van der Waals surface area contributed by atoms with Crippen molar-refractivity contribution < 1.29 is 4.39 Å². The molecule has 0 aliphatic carbocycles. The van der Waals surface area contributed by atoms with Crippen LogP contribution in [0.5, 0.6) is 0 Å². The zero-order valence-electron chi connectivity index (χ0n) is 13.3. The number of rotatable bonds is 3. The highest BCUT2D eigenvalue weighted by Gasteiger charge is 2.27. The Morgan fingerprint density at radius 1 is 1.18 bits per heavy atom. The van der Waals surface area contributed by atoms with Crippen LogP contribution < -0.4 is 9.80 Å². The summed E-state index contributed by atoms with van der Waals surface area (Å²) in [4.78, 5) is 15.1. The van der Waals surface area contributed by atoms with Crippen molar-refractivity contribution in [3.05, 3.63) is 12.0 Å². The molecule has 0 saturated carbocycles. The summed E-state index contributed by atoms with van der Waals surface area (Å²) in [5.41, 5.74) is 0. The molecule has 0 radical (unpaired) electrons. The predicted molar refractivity (Wildman–Crippen MR) is 90.5 cm³/mol. The number of halogens is 1. The fourth-order valence-corrected chi connectivity index (χ4v) is 4.12. The average molecular weight is 325 g/mol. The van der Waals surface area contributed by atoms with E-state index in [2.05, 4.69) is 31.5 Å². The third-order valence-corrected chi connectivity index (χ3v) is 5.39. The summed E-state index contributed by atoms with van der Waals surface area (Å²) in [6.45, 7) is 4.33. The number of thioether (sulfide) groups is 1. The van der Waals surface area contributed by atoms with Gasteiger partial charge in [-0.1, -0.05) is 0 Å². The van der Waals surface area contributed by atoms with Crippen LogP contribution >= 0.6 is 11.8 Å². The van der Waals surface area contributed by atoms with Gasteiger partial charge in [0.2, 0.25) is 5.95 Å². The Morgan fingerprint density at radius 3 is 2.50 bits per heavy atom. The second kappa shape index (κ2) is 7.00. The second-order valence-electron chi connectivity index (χ2n) is 6.10. The first-order valence-electron chi connectivity index (χ1n) is 7.92. The highest BCUT2D eigenvalue weighted by Crippen LogP contribution is 2.24. The van der Waals surface area contributed by atoms with E-state index >= 15 is 0 Å². The number of anilines is 2. The fraction of sp³-hybridized carbons (Fsp3) is 0.733. The first kappa shape index (κ1) is 15.8. The van der Waals surface area contributed by atoms with Crippen LogP contribution in [0.25, 0.3) is 0 Å². The molecule has 2 fully saturated rings. The van der Waals surface area contributed by atoms with Gasteiger partial charge in [-0.3, -0.25) is 4.90 Å². The lowest BCUT2D eigenvalue weighted by Gasteiger charge is -2.40. The lowest BCUT2D eigenvalue weighted by Crippen LogP contribution is -2.48. The summed E-state index contributed by atoms with van der Waals surface area (Å²) < 4.78 is 13.7. The third-order valence-electron chi connectivity index (χ3n) is 4.45. The van der Waals surface area contributed by atoms with Crippen molar-refractivity contribution in [1.82, 2.24) is 14.9 Å². The molecule has 2 aliphatic rings. The van der Waals surface area contributed by atoms with Crippen LogP contribution in [-0.4, -0.2) is 72.7 Å². The molecule has 7 heteroatoms. The average Bonchev–Trinajstić information content (AvgIpc) is 2.56. The van der Waals surface area contributed by atoms with Gasteiger partial charge in [0.15, 0.2) is 11.6 Å². The van der Waals surface area contributed by atoms with Gasteiger partial charge in [-0.2, -0.15) is 16.7 Å². The van der Waals surface area contributed by atoms with E-state index < -0.39 is 0 Å². The monoisotopic (exact) mass is 325 g/mol. The zero-order chi connectivity index (χ0) is 15.5. The van der Waals surface area contributed by atoms with Crippen molar-refractivity contribution in [2.75, 3.05) is 61.6 Å².